The van der Waals surface area contributed by atoms with Gasteiger partial charge in [0, 0.05) is 11.3 Å². The molecule has 27 heavy (non-hydrogen) atoms. The monoisotopic (exact) mass is 388 g/mol. The third-order valence-electron chi connectivity index (χ3n) is 3.58. The Kier molecular flexibility index (Phi) is 6.73. The van der Waals surface area contributed by atoms with Crippen molar-refractivity contribution in [3.63, 3.8) is 0 Å². The molecule has 0 atom stereocenters. The number of aromatic hydroxyl groups is 1. The van der Waals surface area contributed by atoms with Crippen molar-refractivity contribution in [3.8, 4) is 11.5 Å². The van der Waals surface area contributed by atoms with E-state index in [-0.39, 0.29) is 16.4 Å². The Morgan fingerprint density at radius 3 is 2.63 bits per heavy atom. The number of carbonyl (C=O) groups is 2. The predicted octanol–water partition coefficient (Wildman–Crippen LogP) is 3.31. The number of carboxylic acids is 1. The summed E-state index contributed by atoms with van der Waals surface area (Å²) in [6, 6.07) is 9.47. The maximum absolute atomic E-state index is 12.3. The number of carbonyl (C=O) groups excluding carboxylic acids is 1. The lowest BCUT2D eigenvalue weighted by Gasteiger charge is -2.13. The normalized spacial score (nSPS) is 10.1. The van der Waals surface area contributed by atoms with Crippen molar-refractivity contribution >= 4 is 34.9 Å². The van der Waals surface area contributed by atoms with E-state index in [4.69, 9.17) is 22.1 Å². The second-order valence-electron chi connectivity index (χ2n) is 5.78. The van der Waals surface area contributed by atoms with E-state index < -0.39 is 11.9 Å². The van der Waals surface area contributed by atoms with Gasteiger partial charge in [0.2, 0.25) is 0 Å². The minimum atomic E-state index is -1.27. The van der Waals surface area contributed by atoms with E-state index in [2.05, 4.69) is 10.6 Å². The largest absolute Gasteiger partial charge is 0.507 e. The van der Waals surface area contributed by atoms with E-state index in [9.17, 15) is 14.7 Å². The number of hydrogen-bond donors (Lipinski definition) is 4. The maximum Gasteiger partial charge on any atom is 0.339 e. The Morgan fingerprint density at radius 2 is 1.96 bits per heavy atom. The number of anilines is 1. The van der Waals surface area contributed by atoms with E-state index >= 15 is 0 Å². The van der Waals surface area contributed by atoms with E-state index in [1.54, 1.807) is 31.2 Å². The molecule has 142 valence electrons. The van der Waals surface area contributed by atoms with Crippen LogP contribution in [0.1, 0.15) is 39.6 Å². The Labute approximate surface area is 162 Å². The molecule has 2 aromatic rings. The Morgan fingerprint density at radius 1 is 1.22 bits per heavy atom. The number of nitrogens with one attached hydrogen (secondary N) is 2. The van der Waals surface area contributed by atoms with Crippen LogP contribution in [0, 0.1) is 6.92 Å². The molecule has 0 aliphatic rings. The summed E-state index contributed by atoms with van der Waals surface area (Å²) in [5, 5.41) is 24.2. The van der Waals surface area contributed by atoms with E-state index in [1.165, 1.54) is 12.1 Å². The fraction of sp³-hybridized carbons (Fsp3) is 0.211. The SMILES string of the molecule is CCCOc1cccc(C(=O)NC(=S)Nc2cc(C)c(O)c(C(=O)O)c2)c1. The first kappa shape index (κ1) is 20.2. The number of amides is 1. The highest BCUT2D eigenvalue weighted by Gasteiger charge is 2.15. The molecule has 0 saturated carbocycles. The van der Waals surface area contributed by atoms with Crippen LogP contribution in [0.4, 0.5) is 5.69 Å². The summed E-state index contributed by atoms with van der Waals surface area (Å²) in [5.41, 5.74) is 0.827. The third-order valence-corrected chi connectivity index (χ3v) is 3.79. The summed E-state index contributed by atoms with van der Waals surface area (Å²) >= 11 is 5.12. The number of hydrogen-bond acceptors (Lipinski definition) is 5. The molecule has 0 radical (unpaired) electrons. The average molecular weight is 388 g/mol. The lowest BCUT2D eigenvalue weighted by molar-refractivity contribution is 0.0693. The zero-order valence-electron chi connectivity index (χ0n) is 14.9. The van der Waals surface area contributed by atoms with Gasteiger partial charge in [-0.25, -0.2) is 4.79 Å². The van der Waals surface area contributed by atoms with Crippen LogP contribution in [0.25, 0.3) is 0 Å². The number of benzene rings is 2. The van der Waals surface area contributed by atoms with Gasteiger partial charge < -0.3 is 20.3 Å². The second-order valence-corrected chi connectivity index (χ2v) is 6.19. The quantitative estimate of drug-likeness (QED) is 0.444. The fourth-order valence-corrected chi connectivity index (χ4v) is 2.51. The fourth-order valence-electron chi connectivity index (χ4n) is 2.30. The zero-order chi connectivity index (χ0) is 20.0. The van der Waals surface area contributed by atoms with Gasteiger partial charge in [-0.1, -0.05) is 13.0 Å². The summed E-state index contributed by atoms with van der Waals surface area (Å²) in [5.74, 6) is -1.42. The van der Waals surface area contributed by atoms with Crippen LogP contribution in [-0.2, 0) is 0 Å². The van der Waals surface area contributed by atoms with Gasteiger partial charge in [0.05, 0.1) is 6.61 Å². The summed E-state index contributed by atoms with van der Waals surface area (Å²) < 4.78 is 5.50. The standard InChI is InChI=1S/C19H20N2O5S/c1-3-7-26-14-6-4-5-12(9-14)17(23)21-19(27)20-13-8-11(2)16(22)15(10-13)18(24)25/h4-6,8-10,22H,3,7H2,1-2H3,(H,24,25)(H2,20,21,23,27). The topological polar surface area (TPSA) is 108 Å². The van der Waals surface area contributed by atoms with E-state index in [0.717, 1.165) is 6.42 Å². The van der Waals surface area contributed by atoms with Gasteiger partial charge in [-0.3, -0.25) is 10.1 Å². The van der Waals surface area contributed by atoms with Crippen LogP contribution in [0.2, 0.25) is 0 Å². The smallest absolute Gasteiger partial charge is 0.339 e. The third kappa shape index (κ3) is 5.42. The van der Waals surface area contributed by atoms with Gasteiger partial charge in [-0.05, 0) is 61.5 Å². The van der Waals surface area contributed by atoms with Gasteiger partial charge in [0.1, 0.15) is 17.1 Å². The van der Waals surface area contributed by atoms with Crippen LogP contribution in [-0.4, -0.2) is 33.8 Å². The van der Waals surface area contributed by atoms with Crippen molar-refractivity contribution in [3.05, 3.63) is 53.1 Å². The number of aryl methyl sites for hydroxylation is 1. The Hall–Kier alpha value is -3.13. The van der Waals surface area contributed by atoms with Gasteiger partial charge in [-0.2, -0.15) is 0 Å². The summed E-state index contributed by atoms with van der Waals surface area (Å²) in [6.07, 6.45) is 0.856. The van der Waals surface area contributed by atoms with Gasteiger partial charge in [0.25, 0.3) is 5.91 Å². The molecular formula is C19H20N2O5S. The maximum atomic E-state index is 12.3. The molecule has 0 aliphatic heterocycles. The molecule has 0 spiro atoms. The molecule has 1 amide bonds. The molecule has 0 heterocycles. The molecule has 4 N–H and O–H groups in total. The highest BCUT2D eigenvalue weighted by atomic mass is 32.1. The molecule has 7 nitrogen and oxygen atoms in total. The number of aromatic carboxylic acids is 1. The lowest BCUT2D eigenvalue weighted by Crippen LogP contribution is -2.34. The molecule has 2 aromatic carbocycles. The number of rotatable bonds is 6. The molecule has 0 saturated heterocycles. The molecule has 8 heteroatoms. The van der Waals surface area contributed by atoms with Crippen molar-refractivity contribution in [1.29, 1.82) is 0 Å². The molecule has 0 aliphatic carbocycles. The van der Waals surface area contributed by atoms with Crippen LogP contribution in [0.15, 0.2) is 36.4 Å². The highest BCUT2D eigenvalue weighted by molar-refractivity contribution is 7.80. The van der Waals surface area contributed by atoms with Crippen molar-refractivity contribution in [2.45, 2.75) is 20.3 Å². The van der Waals surface area contributed by atoms with Crippen molar-refractivity contribution in [2.24, 2.45) is 0 Å². The molecule has 0 aromatic heterocycles. The first-order valence-electron chi connectivity index (χ1n) is 8.24. The summed E-state index contributed by atoms with van der Waals surface area (Å²) in [6.45, 7) is 4.11. The summed E-state index contributed by atoms with van der Waals surface area (Å²) in [7, 11) is 0. The lowest BCUT2D eigenvalue weighted by atomic mass is 10.1. The highest BCUT2D eigenvalue weighted by Crippen LogP contribution is 2.26. The van der Waals surface area contributed by atoms with Gasteiger partial charge in [0.15, 0.2) is 5.11 Å². The molecular weight excluding hydrogens is 368 g/mol. The zero-order valence-corrected chi connectivity index (χ0v) is 15.7. The average Bonchev–Trinajstić information content (AvgIpc) is 2.62. The molecule has 2 rings (SSSR count). The van der Waals surface area contributed by atoms with Crippen LogP contribution in [0.3, 0.4) is 0 Å². The van der Waals surface area contributed by atoms with Gasteiger partial charge in [-0.15, -0.1) is 0 Å². The number of ether oxygens (including phenoxy) is 1. The number of carboxylic acid groups (broad SMARTS) is 1. The van der Waals surface area contributed by atoms with E-state index in [0.29, 0.717) is 29.2 Å². The Balaban J connectivity index is 2.07. The van der Waals surface area contributed by atoms with Crippen LogP contribution in [0.5, 0.6) is 11.5 Å². The second kappa shape index (κ2) is 9.00. The number of phenols is 1. The predicted molar refractivity (Wildman–Crippen MR) is 106 cm³/mol. The minimum absolute atomic E-state index is 0.00121. The molecule has 0 fully saturated rings. The molecule has 0 bridgehead atoms. The van der Waals surface area contributed by atoms with E-state index in [1.807, 2.05) is 6.92 Å². The number of thiocarbonyl (C=S) groups is 1. The van der Waals surface area contributed by atoms with Crippen molar-refractivity contribution < 1.29 is 24.5 Å². The molecule has 0 unspecified atom stereocenters. The van der Waals surface area contributed by atoms with Crippen molar-refractivity contribution in [1.82, 2.24) is 5.32 Å². The van der Waals surface area contributed by atoms with Gasteiger partial charge >= 0.3 is 5.97 Å². The first-order chi connectivity index (χ1) is 12.8. The summed E-state index contributed by atoms with van der Waals surface area (Å²) in [4.78, 5) is 23.5. The Bertz CT molecular complexity index is 882. The van der Waals surface area contributed by atoms with Crippen LogP contribution >= 0.6 is 12.2 Å². The van der Waals surface area contributed by atoms with Crippen LogP contribution < -0.4 is 15.4 Å². The minimum Gasteiger partial charge on any atom is -0.507 e. The van der Waals surface area contributed by atoms with Crippen molar-refractivity contribution in [2.75, 3.05) is 11.9 Å². The first-order valence-corrected chi connectivity index (χ1v) is 8.64.